The Hall–Kier alpha value is -2.00. The van der Waals surface area contributed by atoms with Gasteiger partial charge in [-0.25, -0.2) is 9.37 Å². The van der Waals surface area contributed by atoms with Crippen molar-refractivity contribution in [3.05, 3.63) is 64.7 Å². The van der Waals surface area contributed by atoms with Gasteiger partial charge >= 0.3 is 0 Å². The molecule has 1 aromatic carbocycles. The van der Waals surface area contributed by atoms with Crippen LogP contribution in [0.25, 0.3) is 0 Å². The van der Waals surface area contributed by atoms with Crippen molar-refractivity contribution < 1.29 is 13.9 Å². The Bertz CT molecular complexity index is 713. The zero-order chi connectivity index (χ0) is 16.1. The lowest BCUT2D eigenvalue weighted by Crippen LogP contribution is -2.11. The SMILES string of the molecule is C=C=C(Cl)C(C)Oc1ccc(Oc2ncc(Cl)cc2F)cc1. The van der Waals surface area contributed by atoms with Crippen LogP contribution in [0.2, 0.25) is 5.02 Å². The molecule has 1 unspecified atom stereocenters. The van der Waals surface area contributed by atoms with Crippen LogP contribution in [0, 0.1) is 5.82 Å². The second-order valence-corrected chi connectivity index (χ2v) is 5.14. The van der Waals surface area contributed by atoms with Crippen molar-refractivity contribution in [2.45, 2.75) is 13.0 Å². The zero-order valence-electron chi connectivity index (χ0n) is 11.6. The van der Waals surface area contributed by atoms with E-state index >= 15 is 0 Å². The third kappa shape index (κ3) is 4.25. The molecule has 0 aliphatic carbocycles. The Kier molecular flexibility index (Phi) is 5.45. The molecule has 0 aliphatic rings. The number of aromatic nitrogens is 1. The summed E-state index contributed by atoms with van der Waals surface area (Å²) in [5.41, 5.74) is 2.56. The van der Waals surface area contributed by atoms with Crippen molar-refractivity contribution in [1.82, 2.24) is 4.98 Å². The fourth-order valence-electron chi connectivity index (χ4n) is 1.57. The van der Waals surface area contributed by atoms with Gasteiger partial charge < -0.3 is 9.47 Å². The Morgan fingerprint density at radius 2 is 1.95 bits per heavy atom. The Balaban J connectivity index is 2.07. The second-order valence-electron chi connectivity index (χ2n) is 4.30. The summed E-state index contributed by atoms with van der Waals surface area (Å²) in [4.78, 5) is 3.78. The van der Waals surface area contributed by atoms with Gasteiger partial charge in [-0.15, -0.1) is 5.73 Å². The van der Waals surface area contributed by atoms with Gasteiger partial charge in [0.15, 0.2) is 5.82 Å². The lowest BCUT2D eigenvalue weighted by atomic mass is 10.3. The molecule has 0 saturated carbocycles. The molecule has 2 rings (SSSR count). The predicted octanol–water partition coefficient (Wildman–Crippen LogP) is 5.34. The number of ether oxygens (including phenoxy) is 2. The summed E-state index contributed by atoms with van der Waals surface area (Å²) in [5.74, 6) is 0.213. The minimum atomic E-state index is -0.635. The molecule has 0 aliphatic heterocycles. The summed E-state index contributed by atoms with van der Waals surface area (Å²) in [6.07, 6.45) is 0.948. The largest absolute Gasteiger partial charge is 0.484 e. The van der Waals surface area contributed by atoms with Gasteiger partial charge in [0.05, 0.1) is 10.1 Å². The van der Waals surface area contributed by atoms with E-state index < -0.39 is 5.82 Å². The first kappa shape index (κ1) is 16.4. The highest BCUT2D eigenvalue weighted by Crippen LogP contribution is 2.26. The summed E-state index contributed by atoms with van der Waals surface area (Å²) < 4.78 is 24.5. The van der Waals surface area contributed by atoms with E-state index in [9.17, 15) is 4.39 Å². The Morgan fingerprint density at radius 3 is 2.55 bits per heavy atom. The molecule has 0 bridgehead atoms. The van der Waals surface area contributed by atoms with Crippen molar-refractivity contribution in [3.8, 4) is 17.4 Å². The lowest BCUT2D eigenvalue weighted by Gasteiger charge is -2.13. The van der Waals surface area contributed by atoms with Crippen LogP contribution in [0.4, 0.5) is 4.39 Å². The molecule has 0 spiro atoms. The molecule has 114 valence electrons. The molecule has 0 radical (unpaired) electrons. The minimum Gasteiger partial charge on any atom is -0.484 e. The highest BCUT2D eigenvalue weighted by molar-refractivity contribution is 6.30. The number of halogens is 3. The summed E-state index contributed by atoms with van der Waals surface area (Å²) in [7, 11) is 0. The molecule has 0 saturated heterocycles. The number of pyridine rings is 1. The van der Waals surface area contributed by atoms with E-state index in [4.69, 9.17) is 32.7 Å². The normalized spacial score (nSPS) is 11.5. The monoisotopic (exact) mass is 339 g/mol. The maximum absolute atomic E-state index is 13.6. The van der Waals surface area contributed by atoms with Gasteiger partial charge in [0.1, 0.15) is 17.6 Å². The average Bonchev–Trinajstić information content (AvgIpc) is 2.51. The van der Waals surface area contributed by atoms with Gasteiger partial charge in [-0.2, -0.15) is 0 Å². The standard InChI is InChI=1S/C16H12Cl2FNO2/c1-3-14(18)10(2)21-12-4-6-13(7-5-12)22-16-15(19)8-11(17)9-20-16/h4-10H,1H2,2H3. The fraction of sp³-hybridized carbons (Fsp3) is 0.125. The molecule has 2 aromatic rings. The number of benzene rings is 1. The van der Waals surface area contributed by atoms with Crippen LogP contribution in [-0.4, -0.2) is 11.1 Å². The quantitative estimate of drug-likeness (QED) is 0.689. The number of rotatable bonds is 5. The Labute approximate surface area is 137 Å². The first-order chi connectivity index (χ1) is 10.5. The van der Waals surface area contributed by atoms with E-state index in [1.165, 1.54) is 6.20 Å². The van der Waals surface area contributed by atoms with E-state index in [0.717, 1.165) is 6.07 Å². The molecule has 22 heavy (non-hydrogen) atoms. The molecule has 0 fully saturated rings. The summed E-state index contributed by atoms with van der Waals surface area (Å²) in [6, 6.07) is 7.74. The van der Waals surface area contributed by atoms with Crippen LogP contribution in [-0.2, 0) is 0 Å². The van der Waals surface area contributed by atoms with Crippen molar-refractivity contribution in [2.75, 3.05) is 0 Å². The number of nitrogens with zero attached hydrogens (tertiary/aromatic N) is 1. The average molecular weight is 340 g/mol. The van der Waals surface area contributed by atoms with E-state index in [2.05, 4.69) is 17.3 Å². The molecule has 1 aromatic heterocycles. The van der Waals surface area contributed by atoms with E-state index in [1.807, 2.05) is 0 Å². The van der Waals surface area contributed by atoms with E-state index in [1.54, 1.807) is 31.2 Å². The van der Waals surface area contributed by atoms with Gasteiger partial charge in [-0.3, -0.25) is 0 Å². The van der Waals surface area contributed by atoms with Gasteiger partial charge in [0.25, 0.3) is 5.88 Å². The second kappa shape index (κ2) is 7.32. The highest BCUT2D eigenvalue weighted by Gasteiger charge is 2.09. The van der Waals surface area contributed by atoms with Gasteiger partial charge in [0.2, 0.25) is 0 Å². The van der Waals surface area contributed by atoms with Gasteiger partial charge in [-0.05, 0) is 37.3 Å². The van der Waals surface area contributed by atoms with Crippen molar-refractivity contribution in [2.24, 2.45) is 0 Å². The van der Waals surface area contributed by atoms with Crippen molar-refractivity contribution in [1.29, 1.82) is 0 Å². The first-order valence-corrected chi connectivity index (χ1v) is 7.06. The van der Waals surface area contributed by atoms with Crippen molar-refractivity contribution in [3.63, 3.8) is 0 Å². The van der Waals surface area contributed by atoms with Crippen LogP contribution in [0.15, 0.2) is 53.9 Å². The highest BCUT2D eigenvalue weighted by atomic mass is 35.5. The summed E-state index contributed by atoms with van der Waals surface area (Å²) in [6.45, 7) is 5.23. The predicted molar refractivity (Wildman–Crippen MR) is 84.3 cm³/mol. The maximum atomic E-state index is 13.6. The number of hydrogen-bond donors (Lipinski definition) is 0. The van der Waals surface area contributed by atoms with Crippen LogP contribution in [0.1, 0.15) is 6.92 Å². The first-order valence-electron chi connectivity index (χ1n) is 6.30. The molecule has 1 heterocycles. The van der Waals surface area contributed by atoms with E-state index in [0.29, 0.717) is 16.5 Å². The molecular weight excluding hydrogens is 328 g/mol. The summed E-state index contributed by atoms with van der Waals surface area (Å²) >= 11 is 11.5. The smallest absolute Gasteiger partial charge is 0.255 e. The molecule has 3 nitrogen and oxygen atoms in total. The molecule has 6 heteroatoms. The Morgan fingerprint density at radius 1 is 1.32 bits per heavy atom. The van der Waals surface area contributed by atoms with Crippen LogP contribution in [0.5, 0.6) is 17.4 Å². The van der Waals surface area contributed by atoms with Crippen molar-refractivity contribution >= 4 is 23.2 Å². The summed E-state index contributed by atoms with van der Waals surface area (Å²) in [5, 5.41) is 0.586. The minimum absolute atomic E-state index is 0.149. The van der Waals surface area contributed by atoms with Crippen LogP contribution >= 0.6 is 23.2 Å². The van der Waals surface area contributed by atoms with E-state index in [-0.39, 0.29) is 17.0 Å². The third-order valence-corrected chi connectivity index (χ3v) is 3.30. The van der Waals surface area contributed by atoms with Crippen LogP contribution in [0.3, 0.4) is 0 Å². The molecule has 0 N–H and O–H groups in total. The molecule has 0 amide bonds. The third-order valence-electron chi connectivity index (χ3n) is 2.65. The number of hydrogen-bond acceptors (Lipinski definition) is 3. The molecular formula is C16H12Cl2FNO2. The van der Waals surface area contributed by atoms with Crippen LogP contribution < -0.4 is 9.47 Å². The zero-order valence-corrected chi connectivity index (χ0v) is 13.2. The fourth-order valence-corrected chi connectivity index (χ4v) is 1.76. The topological polar surface area (TPSA) is 31.4 Å². The van der Waals surface area contributed by atoms with Gasteiger partial charge in [-0.1, -0.05) is 29.8 Å². The lowest BCUT2D eigenvalue weighted by molar-refractivity contribution is 0.265. The maximum Gasteiger partial charge on any atom is 0.255 e. The van der Waals surface area contributed by atoms with Gasteiger partial charge in [0, 0.05) is 6.20 Å². The molecule has 1 atom stereocenters.